The molecule has 4 aliphatic heterocycles. The minimum Gasteiger partial charge on any atom is -0.495 e. The Bertz CT molecular complexity index is 2910. The van der Waals surface area contributed by atoms with Gasteiger partial charge in [0.05, 0.1) is 25.3 Å². The van der Waals surface area contributed by atoms with Crippen molar-refractivity contribution in [2.45, 2.75) is 117 Å². The fraction of sp³-hybridized carbons (Fsp3) is 0.500. The van der Waals surface area contributed by atoms with Gasteiger partial charge in [0, 0.05) is 140 Å². The van der Waals surface area contributed by atoms with Crippen LogP contribution in [0.4, 0.5) is 31.8 Å². The Morgan fingerprint density at radius 3 is 2.36 bits per heavy atom. The molecule has 0 radical (unpaired) electrons. The summed E-state index contributed by atoms with van der Waals surface area (Å²) in [5, 5.41) is 25.1. The zero-order valence-corrected chi connectivity index (χ0v) is 44.1. The van der Waals surface area contributed by atoms with Gasteiger partial charge in [-0.05, 0) is 110 Å². The maximum atomic E-state index is 15.1. The zero-order valence-electron chi connectivity index (χ0n) is 44.1. The van der Waals surface area contributed by atoms with Crippen LogP contribution in [-0.2, 0) is 28.9 Å². The Morgan fingerprint density at radius 2 is 1.68 bits per heavy atom. The molecule has 1 saturated carbocycles. The third-order valence-electron chi connectivity index (χ3n) is 16.5. The lowest BCUT2D eigenvalue weighted by Gasteiger charge is -2.63. The van der Waals surface area contributed by atoms with E-state index in [1.54, 1.807) is 37.4 Å². The largest absolute Gasteiger partial charge is 0.495 e. The second kappa shape index (κ2) is 21.5. The van der Waals surface area contributed by atoms with Gasteiger partial charge in [-0.25, -0.2) is 13.8 Å². The van der Waals surface area contributed by atoms with Crippen molar-refractivity contribution >= 4 is 34.8 Å². The molecule has 0 spiro atoms. The SMILES string of the molecule is COc1cc(OC2C(C)(C)C(NC(=O)c3ccc(NCCNC4CCN(c5ccc(-c6cc7c(cc6C(F)F)N(c6nn(C8CCOCC8)c8c6CN(C(C)=O)CC8)CCC7)cn5)CC4)cc3)C2(C)C)ccc1C#N. The fourth-order valence-electron chi connectivity index (χ4n) is 12.7. The van der Waals surface area contributed by atoms with Crippen molar-refractivity contribution in [3.05, 3.63) is 106 Å². The number of carbonyl (C=O) groups is 2. The first-order valence-corrected chi connectivity index (χ1v) is 26.6. The number of aryl methyl sites for hydroxylation is 1. The highest BCUT2D eigenvalue weighted by Crippen LogP contribution is 2.56. The van der Waals surface area contributed by atoms with Gasteiger partial charge in [-0.2, -0.15) is 10.4 Å². The number of nitriles is 1. The maximum Gasteiger partial charge on any atom is 0.264 e. The van der Waals surface area contributed by atoms with Crippen molar-refractivity contribution in [3.63, 3.8) is 0 Å². The van der Waals surface area contributed by atoms with Crippen molar-refractivity contribution in [2.75, 3.05) is 74.7 Å². The molecular formula is C58H70F2N10O5. The molecule has 2 amide bonds. The van der Waals surface area contributed by atoms with Gasteiger partial charge in [-0.3, -0.25) is 14.3 Å². The van der Waals surface area contributed by atoms with Crippen LogP contribution >= 0.6 is 0 Å². The predicted octanol–water partition coefficient (Wildman–Crippen LogP) is 9.39. The summed E-state index contributed by atoms with van der Waals surface area (Å²) in [7, 11) is 1.53. The zero-order chi connectivity index (χ0) is 52.6. The normalized spacial score (nSPS) is 20.4. The van der Waals surface area contributed by atoms with Crippen molar-refractivity contribution in [1.82, 2.24) is 30.3 Å². The topological polar surface area (TPSA) is 162 Å². The van der Waals surface area contributed by atoms with Gasteiger partial charge < -0.3 is 44.9 Å². The Hall–Kier alpha value is -6.77. The third kappa shape index (κ3) is 10.4. The quantitative estimate of drug-likeness (QED) is 0.0854. The third-order valence-corrected chi connectivity index (χ3v) is 16.5. The van der Waals surface area contributed by atoms with Crippen molar-refractivity contribution in [3.8, 4) is 28.7 Å². The molecule has 3 N–H and O–H groups in total. The molecule has 3 fully saturated rings. The highest BCUT2D eigenvalue weighted by Gasteiger charge is 2.64. The summed E-state index contributed by atoms with van der Waals surface area (Å²) in [6.07, 6.45) is 4.80. The Kier molecular flexibility index (Phi) is 14.8. The van der Waals surface area contributed by atoms with Gasteiger partial charge in [0.25, 0.3) is 12.3 Å². The number of nitrogens with zero attached hydrogens (tertiary/aromatic N) is 7. The molecule has 396 valence electrons. The van der Waals surface area contributed by atoms with E-state index in [9.17, 15) is 14.9 Å². The summed E-state index contributed by atoms with van der Waals surface area (Å²) < 4.78 is 49.9. The van der Waals surface area contributed by atoms with E-state index in [-0.39, 0.29) is 46.4 Å². The summed E-state index contributed by atoms with van der Waals surface area (Å²) >= 11 is 0. The van der Waals surface area contributed by atoms with Gasteiger partial charge in [0.2, 0.25) is 5.91 Å². The van der Waals surface area contributed by atoms with E-state index in [1.165, 1.54) is 7.11 Å². The summed E-state index contributed by atoms with van der Waals surface area (Å²) in [6, 6.07) is 22.8. The van der Waals surface area contributed by atoms with Crippen LogP contribution in [0, 0.1) is 22.2 Å². The number of hydrogen-bond donors (Lipinski definition) is 3. The number of amides is 2. The fourth-order valence-corrected chi connectivity index (χ4v) is 12.7. The standard InChI is InChI=1S/C58H70F2N10O5/c1-36(71)68-27-19-48-47(35-68)53(66-70(48)43-20-28-74-29-21-43)69-24-7-8-38-30-45(46(52(59)60)32-49(38)69)40-12-16-51(64-34-40)67-25-17-42(18-26-67)63-23-22-62-41-13-9-37(10-14-41)54(72)65-55-57(2,3)56(58(55,4)5)75-44-15-11-39(33-61)50(31-44)73-6/h9-16,30-32,34,42-43,52,55-56,62-63H,7-8,17-29,35H2,1-6H3,(H,65,72). The van der Waals surface area contributed by atoms with E-state index in [1.807, 2.05) is 47.4 Å². The number of benzene rings is 3. The lowest BCUT2D eigenvalue weighted by Crippen LogP contribution is -2.74. The van der Waals surface area contributed by atoms with E-state index in [0.717, 1.165) is 105 Å². The smallest absolute Gasteiger partial charge is 0.264 e. The lowest BCUT2D eigenvalue weighted by atomic mass is 9.49. The molecule has 0 atom stereocenters. The number of pyridine rings is 1. The molecule has 5 aliphatic rings. The molecule has 2 saturated heterocycles. The van der Waals surface area contributed by atoms with Crippen LogP contribution < -0.4 is 35.2 Å². The number of hydrogen-bond acceptors (Lipinski definition) is 12. The molecule has 5 aromatic rings. The van der Waals surface area contributed by atoms with Gasteiger partial charge in [-0.1, -0.05) is 27.7 Å². The average Bonchev–Trinajstić information content (AvgIpc) is 3.82. The highest BCUT2D eigenvalue weighted by atomic mass is 19.3. The van der Waals surface area contributed by atoms with Crippen LogP contribution in [0.2, 0.25) is 0 Å². The number of halogens is 2. The highest BCUT2D eigenvalue weighted by molar-refractivity contribution is 5.95. The number of carbonyl (C=O) groups excluding carboxylic acids is 2. The predicted molar refractivity (Wildman–Crippen MR) is 285 cm³/mol. The van der Waals surface area contributed by atoms with Crippen molar-refractivity contribution in [1.29, 1.82) is 5.26 Å². The second-order valence-corrected chi connectivity index (χ2v) is 22.0. The molecule has 0 unspecified atom stereocenters. The van der Waals surface area contributed by atoms with E-state index >= 15 is 8.78 Å². The van der Waals surface area contributed by atoms with Gasteiger partial charge >= 0.3 is 0 Å². The summed E-state index contributed by atoms with van der Waals surface area (Å²) in [5.74, 6) is 2.57. The maximum absolute atomic E-state index is 15.1. The van der Waals surface area contributed by atoms with Crippen LogP contribution in [0.25, 0.3) is 11.1 Å². The average molecular weight is 1030 g/mol. The molecular weight excluding hydrogens is 955 g/mol. The van der Waals surface area contributed by atoms with E-state index in [0.29, 0.717) is 79.1 Å². The van der Waals surface area contributed by atoms with Crippen LogP contribution in [0.15, 0.2) is 72.9 Å². The first kappa shape index (κ1) is 51.7. The number of rotatable bonds is 15. The van der Waals surface area contributed by atoms with Gasteiger partial charge in [0.1, 0.15) is 29.5 Å². The molecule has 17 heteroatoms. The Balaban J connectivity index is 0.708. The monoisotopic (exact) mass is 1020 g/mol. The second-order valence-electron chi connectivity index (χ2n) is 22.0. The van der Waals surface area contributed by atoms with E-state index in [2.05, 4.69) is 64.2 Å². The summed E-state index contributed by atoms with van der Waals surface area (Å²) in [5.41, 5.74) is 6.30. The van der Waals surface area contributed by atoms with E-state index in [4.69, 9.17) is 24.3 Å². The molecule has 75 heavy (non-hydrogen) atoms. The Labute approximate surface area is 438 Å². The number of methoxy groups -OCH3 is 1. The van der Waals surface area contributed by atoms with Crippen LogP contribution in [0.5, 0.6) is 11.5 Å². The number of alkyl halides is 2. The van der Waals surface area contributed by atoms with E-state index < -0.39 is 6.43 Å². The molecule has 2 aromatic heterocycles. The molecule has 0 bridgehead atoms. The first-order valence-electron chi connectivity index (χ1n) is 26.6. The number of nitrogens with one attached hydrogen (secondary N) is 3. The van der Waals surface area contributed by atoms with Gasteiger partial charge in [-0.15, -0.1) is 0 Å². The summed E-state index contributed by atoms with van der Waals surface area (Å²) in [4.78, 5) is 37.1. The lowest BCUT2D eigenvalue weighted by molar-refractivity contribution is -0.164. The number of ether oxygens (including phenoxy) is 3. The Morgan fingerprint density at radius 1 is 0.920 bits per heavy atom. The molecule has 3 aromatic carbocycles. The minimum atomic E-state index is -2.69. The van der Waals surface area contributed by atoms with Gasteiger partial charge in [0.15, 0.2) is 5.82 Å². The van der Waals surface area contributed by atoms with Crippen LogP contribution in [0.3, 0.4) is 0 Å². The number of anilines is 4. The minimum absolute atomic E-state index is 0.0203. The van der Waals surface area contributed by atoms with Crippen LogP contribution in [-0.4, -0.2) is 109 Å². The van der Waals surface area contributed by atoms with Crippen molar-refractivity contribution in [2.24, 2.45) is 10.8 Å². The number of piperidine rings is 1. The number of fused-ring (bicyclic) bond motifs is 2. The molecule has 15 nitrogen and oxygen atoms in total. The van der Waals surface area contributed by atoms with Crippen molar-refractivity contribution < 1.29 is 32.6 Å². The molecule has 10 rings (SSSR count). The van der Waals surface area contributed by atoms with Crippen LogP contribution in [0.1, 0.15) is 117 Å². The molecule has 1 aliphatic carbocycles. The summed E-state index contributed by atoms with van der Waals surface area (Å²) in [6.45, 7) is 16.2. The number of aromatic nitrogens is 3. The first-order chi connectivity index (χ1) is 36.1. The molecule has 6 heterocycles.